The summed E-state index contributed by atoms with van der Waals surface area (Å²) >= 11 is 5.84. The van der Waals surface area contributed by atoms with E-state index < -0.39 is 0 Å². The van der Waals surface area contributed by atoms with Crippen LogP contribution in [-0.2, 0) is 13.2 Å². The van der Waals surface area contributed by atoms with Crippen molar-refractivity contribution in [2.45, 2.75) is 13.2 Å². The van der Waals surface area contributed by atoms with Gasteiger partial charge in [-0.15, -0.1) is 0 Å². The molecule has 0 amide bonds. The molecule has 0 unspecified atom stereocenters. The number of rotatable bonds is 4. The molecule has 0 aliphatic carbocycles. The van der Waals surface area contributed by atoms with Gasteiger partial charge in [0.15, 0.2) is 0 Å². The van der Waals surface area contributed by atoms with Gasteiger partial charge in [-0.1, -0.05) is 23.7 Å². The van der Waals surface area contributed by atoms with E-state index >= 15 is 0 Å². The lowest BCUT2D eigenvalue weighted by molar-refractivity contribution is 0.276. The van der Waals surface area contributed by atoms with Gasteiger partial charge in [0, 0.05) is 18.6 Å². The highest BCUT2D eigenvalue weighted by molar-refractivity contribution is 6.30. The summed E-state index contributed by atoms with van der Waals surface area (Å²) in [6.45, 7) is 0.607. The minimum Gasteiger partial charge on any atom is -0.390 e. The van der Waals surface area contributed by atoms with Gasteiger partial charge in [-0.3, -0.25) is 4.98 Å². The maximum absolute atomic E-state index is 9.03. The number of aliphatic hydroxyl groups excluding tert-OH is 1. The molecule has 1 N–H and O–H groups in total. The smallest absolute Gasteiger partial charge is 0.147 e. The zero-order valence-electron chi connectivity index (χ0n) is 10.0. The van der Waals surface area contributed by atoms with Crippen LogP contribution in [0.1, 0.15) is 11.3 Å². The molecular weight excluding hydrogens is 250 g/mol. The Hall–Kier alpha value is -1.65. The van der Waals surface area contributed by atoms with Gasteiger partial charge in [0.2, 0.25) is 0 Å². The van der Waals surface area contributed by atoms with Gasteiger partial charge >= 0.3 is 0 Å². The lowest BCUT2D eigenvalue weighted by Gasteiger charge is -2.18. The third-order valence-electron chi connectivity index (χ3n) is 2.56. The number of aromatic nitrogens is 2. The minimum absolute atomic E-state index is 0.102. The molecule has 4 nitrogen and oxygen atoms in total. The SMILES string of the molecule is CN(Cc1ccc(Cl)cc1)c1cncc(CO)n1. The number of aliphatic hydroxyl groups is 1. The molecule has 0 bridgehead atoms. The predicted octanol–water partition coefficient (Wildman–Crippen LogP) is 2.26. The van der Waals surface area contributed by atoms with Crippen molar-refractivity contribution in [3.63, 3.8) is 0 Å². The van der Waals surface area contributed by atoms with Gasteiger partial charge in [-0.05, 0) is 17.7 Å². The quantitative estimate of drug-likeness (QED) is 0.919. The van der Waals surface area contributed by atoms with Crippen molar-refractivity contribution in [2.75, 3.05) is 11.9 Å². The Morgan fingerprint density at radius 2 is 1.94 bits per heavy atom. The van der Waals surface area contributed by atoms with E-state index in [-0.39, 0.29) is 6.61 Å². The second-order valence-electron chi connectivity index (χ2n) is 4.01. The molecule has 18 heavy (non-hydrogen) atoms. The maximum atomic E-state index is 9.03. The van der Waals surface area contributed by atoms with Gasteiger partial charge in [-0.25, -0.2) is 4.98 Å². The van der Waals surface area contributed by atoms with Crippen LogP contribution in [-0.4, -0.2) is 22.1 Å². The summed E-state index contributed by atoms with van der Waals surface area (Å²) in [5.41, 5.74) is 1.70. The summed E-state index contributed by atoms with van der Waals surface area (Å²) in [4.78, 5) is 10.3. The van der Waals surface area contributed by atoms with Crippen LogP contribution >= 0.6 is 11.6 Å². The van der Waals surface area contributed by atoms with Gasteiger partial charge in [0.1, 0.15) is 5.82 Å². The first-order valence-corrected chi connectivity index (χ1v) is 5.94. The van der Waals surface area contributed by atoms with Crippen molar-refractivity contribution in [1.82, 2.24) is 9.97 Å². The van der Waals surface area contributed by atoms with Gasteiger partial charge in [0.25, 0.3) is 0 Å². The molecule has 0 atom stereocenters. The van der Waals surface area contributed by atoms with Crippen LogP contribution in [0.15, 0.2) is 36.7 Å². The Morgan fingerprint density at radius 1 is 1.22 bits per heavy atom. The van der Waals surface area contributed by atoms with Crippen molar-refractivity contribution < 1.29 is 5.11 Å². The average molecular weight is 264 g/mol. The zero-order chi connectivity index (χ0) is 13.0. The lowest BCUT2D eigenvalue weighted by Crippen LogP contribution is -2.18. The molecular formula is C13H14ClN3O. The van der Waals surface area contributed by atoms with E-state index in [4.69, 9.17) is 16.7 Å². The number of halogens is 1. The summed E-state index contributed by atoms with van der Waals surface area (Å²) in [6.07, 6.45) is 3.23. The first kappa shape index (κ1) is 12.8. The van der Waals surface area contributed by atoms with E-state index in [1.807, 2.05) is 36.2 Å². The molecule has 0 aliphatic rings. The molecule has 2 aromatic rings. The molecule has 0 aliphatic heterocycles. The zero-order valence-corrected chi connectivity index (χ0v) is 10.8. The predicted molar refractivity (Wildman–Crippen MR) is 71.5 cm³/mol. The Morgan fingerprint density at radius 3 is 2.61 bits per heavy atom. The molecule has 1 heterocycles. The summed E-state index contributed by atoms with van der Waals surface area (Å²) in [5.74, 6) is 0.733. The topological polar surface area (TPSA) is 49.2 Å². The molecule has 0 radical (unpaired) electrons. The van der Waals surface area contributed by atoms with E-state index in [2.05, 4.69) is 9.97 Å². The number of benzene rings is 1. The van der Waals surface area contributed by atoms with E-state index in [1.165, 1.54) is 0 Å². The van der Waals surface area contributed by atoms with Crippen LogP contribution in [0.3, 0.4) is 0 Å². The van der Waals surface area contributed by atoms with Crippen molar-refractivity contribution >= 4 is 17.4 Å². The molecule has 2 rings (SSSR count). The van der Waals surface area contributed by atoms with Crippen molar-refractivity contribution in [1.29, 1.82) is 0 Å². The number of anilines is 1. The Labute approximate surface area is 111 Å². The highest BCUT2D eigenvalue weighted by Crippen LogP contribution is 2.14. The Kier molecular flexibility index (Phi) is 4.12. The van der Waals surface area contributed by atoms with E-state index in [9.17, 15) is 0 Å². The first-order valence-electron chi connectivity index (χ1n) is 5.56. The fourth-order valence-corrected chi connectivity index (χ4v) is 1.73. The molecule has 0 saturated carbocycles. The van der Waals surface area contributed by atoms with Crippen LogP contribution in [0, 0.1) is 0 Å². The second kappa shape index (κ2) is 5.80. The van der Waals surface area contributed by atoms with E-state index in [0.717, 1.165) is 16.4 Å². The van der Waals surface area contributed by atoms with Gasteiger partial charge in [0.05, 0.1) is 24.7 Å². The minimum atomic E-state index is -0.102. The van der Waals surface area contributed by atoms with E-state index in [0.29, 0.717) is 12.2 Å². The third-order valence-corrected chi connectivity index (χ3v) is 2.81. The first-order chi connectivity index (χ1) is 8.69. The van der Waals surface area contributed by atoms with Crippen LogP contribution in [0.25, 0.3) is 0 Å². The normalized spacial score (nSPS) is 10.4. The van der Waals surface area contributed by atoms with Crippen molar-refractivity contribution in [2.24, 2.45) is 0 Å². The number of nitrogens with zero attached hydrogens (tertiary/aromatic N) is 3. The van der Waals surface area contributed by atoms with Crippen LogP contribution in [0.5, 0.6) is 0 Å². The highest BCUT2D eigenvalue weighted by atomic mass is 35.5. The van der Waals surface area contributed by atoms with Gasteiger partial charge in [-0.2, -0.15) is 0 Å². The molecule has 1 aromatic carbocycles. The maximum Gasteiger partial charge on any atom is 0.147 e. The molecule has 0 spiro atoms. The largest absolute Gasteiger partial charge is 0.390 e. The highest BCUT2D eigenvalue weighted by Gasteiger charge is 2.05. The summed E-state index contributed by atoms with van der Waals surface area (Å²) in [5, 5.41) is 9.75. The van der Waals surface area contributed by atoms with E-state index in [1.54, 1.807) is 12.4 Å². The standard InChI is InChI=1S/C13H14ClN3O/c1-17(8-10-2-4-11(14)5-3-10)13-7-15-6-12(9-18)16-13/h2-7,18H,8-9H2,1H3. The number of hydrogen-bond donors (Lipinski definition) is 1. The molecule has 0 fully saturated rings. The summed E-state index contributed by atoms with van der Waals surface area (Å²) in [7, 11) is 1.93. The van der Waals surface area contributed by atoms with Crippen molar-refractivity contribution in [3.8, 4) is 0 Å². The summed E-state index contributed by atoms with van der Waals surface area (Å²) < 4.78 is 0. The van der Waals surface area contributed by atoms with Gasteiger partial charge < -0.3 is 10.0 Å². The molecule has 94 valence electrons. The lowest BCUT2D eigenvalue weighted by atomic mass is 10.2. The monoisotopic (exact) mass is 263 g/mol. The summed E-state index contributed by atoms with van der Waals surface area (Å²) in [6, 6.07) is 7.67. The molecule has 5 heteroatoms. The van der Waals surface area contributed by atoms with Crippen LogP contribution in [0.4, 0.5) is 5.82 Å². The Bertz CT molecular complexity index is 516. The fourth-order valence-electron chi connectivity index (χ4n) is 1.60. The second-order valence-corrected chi connectivity index (χ2v) is 4.45. The number of hydrogen-bond acceptors (Lipinski definition) is 4. The van der Waals surface area contributed by atoms with Crippen molar-refractivity contribution in [3.05, 3.63) is 52.9 Å². The van der Waals surface area contributed by atoms with Crippen LogP contribution in [0.2, 0.25) is 5.02 Å². The molecule has 1 aromatic heterocycles. The average Bonchev–Trinajstić information content (AvgIpc) is 2.41. The Balaban J connectivity index is 2.11. The fraction of sp³-hybridized carbons (Fsp3) is 0.231. The third kappa shape index (κ3) is 3.18. The molecule has 0 saturated heterocycles. The van der Waals surface area contributed by atoms with Crippen LogP contribution < -0.4 is 4.90 Å².